The van der Waals surface area contributed by atoms with Crippen LogP contribution in [-0.2, 0) is 19.5 Å². The van der Waals surface area contributed by atoms with E-state index in [0.717, 1.165) is 6.54 Å². The molecule has 0 saturated heterocycles. The molecule has 0 amide bonds. The van der Waals surface area contributed by atoms with Gasteiger partial charge < -0.3 is 25.3 Å². The largest absolute Gasteiger partial charge is 2.00 e. The Bertz CT molecular complexity index is 606. The van der Waals surface area contributed by atoms with Crippen LogP contribution in [0.4, 0.5) is 0 Å². The van der Waals surface area contributed by atoms with E-state index in [2.05, 4.69) is 0 Å². The molecule has 0 atom stereocenters. The molecule has 9 heteroatoms. The van der Waals surface area contributed by atoms with Crippen molar-refractivity contribution in [3.63, 3.8) is 0 Å². The number of hydrogen-bond acceptors (Lipinski definition) is 6. The van der Waals surface area contributed by atoms with E-state index >= 15 is 0 Å². The van der Waals surface area contributed by atoms with Gasteiger partial charge in [0.25, 0.3) is 0 Å². The summed E-state index contributed by atoms with van der Waals surface area (Å²) in [5, 5.41) is 33.0. The Morgan fingerprint density at radius 1 is 0.700 bits per heavy atom. The quantitative estimate of drug-likeness (QED) is 0.383. The monoisotopic (exact) mass is 472 g/mol. The number of nitrogens with zero attached hydrogens (tertiary/aromatic N) is 2. The first-order valence-electron chi connectivity index (χ1n) is 8.73. The van der Waals surface area contributed by atoms with Gasteiger partial charge in [0, 0.05) is 6.54 Å². The Hall–Kier alpha value is -2.16. The molecule has 0 bridgehead atoms. The van der Waals surface area contributed by atoms with Crippen molar-refractivity contribution >= 4 is 11.9 Å². The first-order valence-corrected chi connectivity index (χ1v) is 8.73. The Kier molecular flexibility index (Phi) is 23.4. The summed E-state index contributed by atoms with van der Waals surface area (Å²) in [5.41, 5.74) is 0.662. The molecule has 8 nitrogen and oxygen atoms in total. The fourth-order valence-electron chi connectivity index (χ4n) is 1.36. The van der Waals surface area contributed by atoms with Crippen molar-refractivity contribution in [2.75, 3.05) is 48.1 Å². The third-order valence-corrected chi connectivity index (χ3v) is 2.87. The summed E-state index contributed by atoms with van der Waals surface area (Å²) in [4.78, 5) is 24.0. The first kappa shape index (κ1) is 32.5. The smallest absolute Gasteiger partial charge is 0.478 e. The molecule has 0 aliphatic rings. The number of aliphatic hydroxyl groups is 2. The van der Waals surface area contributed by atoms with Crippen LogP contribution in [-0.4, -0.2) is 90.2 Å². The Labute approximate surface area is 191 Å². The fraction of sp³-hybridized carbons (Fsp3) is 0.333. The summed E-state index contributed by atoms with van der Waals surface area (Å²) in [6.07, 6.45) is 0. The number of benzene rings is 2. The Balaban J connectivity index is -0.000000331. The number of carboxylic acids is 2. The van der Waals surface area contributed by atoms with E-state index in [1.165, 1.54) is 0 Å². The number of carboxylic acid groups (broad SMARTS) is 2. The average Bonchev–Trinajstić information content (AvgIpc) is 2.70. The van der Waals surface area contributed by atoms with Gasteiger partial charge in [-0.25, -0.2) is 9.59 Å². The number of aliphatic hydroxyl groups excluding tert-OH is 2. The summed E-state index contributed by atoms with van der Waals surface area (Å²) >= 11 is 0. The number of carbonyl (C=O) groups is 2. The van der Waals surface area contributed by atoms with E-state index in [0.29, 0.717) is 11.1 Å². The summed E-state index contributed by atoms with van der Waals surface area (Å²) in [5.74, 6) is -1.76. The van der Waals surface area contributed by atoms with Crippen molar-refractivity contribution in [3.05, 3.63) is 71.8 Å². The SMILES string of the molecule is CN(C)CCO.CN(C)CO.O=C(O)c1ccccc1.O=C(O)c1ccccc1.[Zn+2]. The van der Waals surface area contributed by atoms with Crippen molar-refractivity contribution in [2.45, 2.75) is 0 Å². The summed E-state index contributed by atoms with van der Waals surface area (Å²) in [7, 11) is 7.46. The zero-order chi connectivity index (χ0) is 22.7. The minimum atomic E-state index is -0.879. The maximum absolute atomic E-state index is 10.2. The third-order valence-electron chi connectivity index (χ3n) is 2.87. The van der Waals surface area contributed by atoms with Gasteiger partial charge in [-0.05, 0) is 52.5 Å². The standard InChI is InChI=1S/2C7H6O2.C4H11NO.C3H9NO.Zn/c2*8-7(9)6-4-2-1-3-5-6;1-5(2)3-4-6;1-4(2)3-5;/h2*1-5H,(H,8,9);6H,3-4H2,1-2H3;5H,3H2,1-2H3;/q;;;;+2. The molecule has 2 aromatic rings. The summed E-state index contributed by atoms with van der Waals surface area (Å²) in [6.45, 7) is 1.16. The second kappa shape index (κ2) is 21.5. The van der Waals surface area contributed by atoms with Crippen LogP contribution in [0.3, 0.4) is 0 Å². The van der Waals surface area contributed by atoms with E-state index in [4.69, 9.17) is 20.4 Å². The maximum Gasteiger partial charge on any atom is 2.00 e. The third kappa shape index (κ3) is 22.1. The van der Waals surface area contributed by atoms with E-state index in [1.807, 2.05) is 19.0 Å². The first-order chi connectivity index (χ1) is 13.6. The molecule has 0 aliphatic carbocycles. The predicted molar refractivity (Wildman–Crippen MR) is 113 cm³/mol. The molecular weight excluding hydrogens is 442 g/mol. The van der Waals surface area contributed by atoms with Gasteiger partial charge in [-0.3, -0.25) is 4.90 Å². The fourth-order valence-corrected chi connectivity index (χ4v) is 1.36. The maximum atomic E-state index is 10.2. The molecule has 0 spiro atoms. The van der Waals surface area contributed by atoms with Gasteiger partial charge in [-0.2, -0.15) is 0 Å². The predicted octanol–water partition coefficient (Wildman–Crippen LogP) is 1.81. The van der Waals surface area contributed by atoms with Crippen molar-refractivity contribution in [3.8, 4) is 0 Å². The van der Waals surface area contributed by atoms with Crippen LogP contribution >= 0.6 is 0 Å². The zero-order valence-corrected chi connectivity index (χ0v) is 21.1. The second-order valence-corrected chi connectivity index (χ2v) is 6.09. The van der Waals surface area contributed by atoms with Gasteiger partial charge >= 0.3 is 31.4 Å². The second-order valence-electron chi connectivity index (χ2n) is 6.09. The van der Waals surface area contributed by atoms with Gasteiger partial charge in [0.15, 0.2) is 0 Å². The molecule has 30 heavy (non-hydrogen) atoms. The molecule has 162 valence electrons. The molecule has 4 N–H and O–H groups in total. The minimum absolute atomic E-state index is 0. The van der Waals surface area contributed by atoms with Crippen LogP contribution in [0.5, 0.6) is 0 Å². The van der Waals surface area contributed by atoms with Gasteiger partial charge in [0.2, 0.25) is 0 Å². The molecule has 2 rings (SSSR count). The molecule has 0 heterocycles. The number of likely N-dealkylation sites (N-methyl/N-ethyl adjacent to an activating group) is 1. The molecule has 0 aliphatic heterocycles. The molecule has 0 aromatic heterocycles. The van der Waals surface area contributed by atoms with Crippen LogP contribution in [0.1, 0.15) is 20.7 Å². The summed E-state index contributed by atoms with van der Waals surface area (Å²) in [6, 6.07) is 16.6. The van der Waals surface area contributed by atoms with Crippen molar-refractivity contribution < 1.29 is 49.5 Å². The van der Waals surface area contributed by atoms with E-state index < -0.39 is 11.9 Å². The van der Waals surface area contributed by atoms with Gasteiger partial charge in [0.1, 0.15) is 0 Å². The average molecular weight is 474 g/mol. The molecule has 0 saturated carbocycles. The van der Waals surface area contributed by atoms with E-state index in [9.17, 15) is 9.59 Å². The van der Waals surface area contributed by atoms with Crippen LogP contribution < -0.4 is 0 Å². The minimum Gasteiger partial charge on any atom is -0.478 e. The summed E-state index contributed by atoms with van der Waals surface area (Å²) < 4.78 is 0. The van der Waals surface area contributed by atoms with Crippen molar-refractivity contribution in [1.82, 2.24) is 9.80 Å². The van der Waals surface area contributed by atoms with Crippen LogP contribution in [0, 0.1) is 0 Å². The van der Waals surface area contributed by atoms with Crippen LogP contribution in [0.15, 0.2) is 60.7 Å². The van der Waals surface area contributed by atoms with Crippen LogP contribution in [0.25, 0.3) is 0 Å². The van der Waals surface area contributed by atoms with Crippen molar-refractivity contribution in [1.29, 1.82) is 0 Å². The molecule has 0 radical (unpaired) electrons. The normalized spacial score (nSPS) is 8.93. The zero-order valence-electron chi connectivity index (χ0n) is 18.1. The van der Waals surface area contributed by atoms with Crippen molar-refractivity contribution in [2.24, 2.45) is 0 Å². The Morgan fingerprint density at radius 3 is 1.10 bits per heavy atom. The molecular formula is C21H32N2O6Zn+2. The number of rotatable bonds is 5. The topological polar surface area (TPSA) is 122 Å². The number of hydrogen-bond donors (Lipinski definition) is 4. The number of aromatic carboxylic acids is 2. The van der Waals surface area contributed by atoms with Gasteiger partial charge in [-0.1, -0.05) is 36.4 Å². The van der Waals surface area contributed by atoms with E-state index in [-0.39, 0.29) is 32.8 Å². The molecule has 2 aromatic carbocycles. The Morgan fingerprint density at radius 2 is 1.00 bits per heavy atom. The van der Waals surface area contributed by atoms with Gasteiger partial charge in [0.05, 0.1) is 24.5 Å². The molecule has 0 unspecified atom stereocenters. The van der Waals surface area contributed by atoms with Crippen LogP contribution in [0.2, 0.25) is 0 Å². The van der Waals surface area contributed by atoms with Gasteiger partial charge in [-0.15, -0.1) is 0 Å². The van der Waals surface area contributed by atoms with E-state index in [1.54, 1.807) is 79.7 Å². The molecule has 0 fully saturated rings.